The van der Waals surface area contributed by atoms with Gasteiger partial charge in [0, 0.05) is 13.1 Å². The van der Waals surface area contributed by atoms with Crippen LogP contribution in [0.3, 0.4) is 0 Å². The van der Waals surface area contributed by atoms with Crippen LogP contribution in [0.2, 0.25) is 0 Å². The van der Waals surface area contributed by atoms with Crippen molar-refractivity contribution in [3.05, 3.63) is 29.1 Å². The monoisotopic (exact) mass is 302 g/mol. The van der Waals surface area contributed by atoms with E-state index in [0.29, 0.717) is 25.1 Å². The molecule has 0 saturated carbocycles. The Kier molecular flexibility index (Phi) is 4.72. The van der Waals surface area contributed by atoms with Gasteiger partial charge in [0.25, 0.3) is 5.91 Å². The fraction of sp³-hybridized carbons (Fsp3) is 0.500. The molecule has 0 bridgehead atoms. The van der Waals surface area contributed by atoms with E-state index in [4.69, 9.17) is 5.11 Å². The SMILES string of the molecule is CNCC1CCN(C(=O)c2cc(F)c(F)c(O)c2F)CC1. The molecule has 1 fully saturated rings. The number of hydrogen-bond acceptors (Lipinski definition) is 3. The Labute approximate surface area is 120 Å². The van der Waals surface area contributed by atoms with Crippen LogP contribution in [-0.2, 0) is 0 Å². The number of amides is 1. The maximum atomic E-state index is 13.7. The Bertz CT molecular complexity index is 544. The van der Waals surface area contributed by atoms with Gasteiger partial charge in [0.15, 0.2) is 17.4 Å². The van der Waals surface area contributed by atoms with Gasteiger partial charge in [-0.25, -0.2) is 8.78 Å². The van der Waals surface area contributed by atoms with Gasteiger partial charge < -0.3 is 15.3 Å². The topological polar surface area (TPSA) is 52.6 Å². The number of piperidine rings is 1. The standard InChI is InChI=1S/C14H17F3N2O2/c1-18-7-8-2-4-19(5-3-8)14(21)9-6-10(15)12(17)13(20)11(9)16/h6,8,18,20H,2-5,7H2,1H3. The average Bonchev–Trinajstić information content (AvgIpc) is 2.49. The lowest BCUT2D eigenvalue weighted by Gasteiger charge is -2.32. The van der Waals surface area contributed by atoms with E-state index in [2.05, 4.69) is 5.32 Å². The third-order valence-corrected chi connectivity index (χ3v) is 3.76. The van der Waals surface area contributed by atoms with Crippen LogP contribution in [0.4, 0.5) is 13.2 Å². The second kappa shape index (κ2) is 6.34. The molecule has 1 aromatic carbocycles. The summed E-state index contributed by atoms with van der Waals surface area (Å²) in [6.45, 7) is 1.68. The number of rotatable bonds is 3. The van der Waals surface area contributed by atoms with E-state index < -0.39 is 34.7 Å². The van der Waals surface area contributed by atoms with E-state index in [-0.39, 0.29) is 0 Å². The fourth-order valence-electron chi connectivity index (χ4n) is 2.55. The van der Waals surface area contributed by atoms with Crippen molar-refractivity contribution in [2.24, 2.45) is 5.92 Å². The van der Waals surface area contributed by atoms with Gasteiger partial charge in [-0.1, -0.05) is 0 Å². The van der Waals surface area contributed by atoms with Gasteiger partial charge in [-0.05, 0) is 38.4 Å². The molecule has 7 heteroatoms. The first kappa shape index (κ1) is 15.6. The Hall–Kier alpha value is -1.76. The number of hydrogen-bond donors (Lipinski definition) is 2. The minimum atomic E-state index is -1.68. The molecule has 0 aliphatic carbocycles. The number of phenolic OH excluding ortho intramolecular Hbond substituents is 1. The molecule has 4 nitrogen and oxygen atoms in total. The second-order valence-electron chi connectivity index (χ2n) is 5.18. The zero-order valence-corrected chi connectivity index (χ0v) is 11.6. The predicted molar refractivity (Wildman–Crippen MR) is 70.5 cm³/mol. The predicted octanol–water partition coefficient (Wildman–Crippen LogP) is 1.88. The smallest absolute Gasteiger partial charge is 0.257 e. The van der Waals surface area contributed by atoms with Crippen LogP contribution >= 0.6 is 0 Å². The van der Waals surface area contributed by atoms with E-state index in [0.717, 1.165) is 19.4 Å². The van der Waals surface area contributed by atoms with Gasteiger partial charge in [-0.15, -0.1) is 0 Å². The maximum absolute atomic E-state index is 13.7. The molecule has 1 aliphatic rings. The highest BCUT2D eigenvalue weighted by molar-refractivity contribution is 5.95. The minimum Gasteiger partial charge on any atom is -0.503 e. The first-order chi connectivity index (χ1) is 9.95. The highest BCUT2D eigenvalue weighted by Gasteiger charge is 2.28. The van der Waals surface area contributed by atoms with Crippen LogP contribution in [0.5, 0.6) is 5.75 Å². The van der Waals surface area contributed by atoms with E-state index >= 15 is 0 Å². The summed E-state index contributed by atoms with van der Waals surface area (Å²) in [5.74, 6) is -6.30. The zero-order valence-electron chi connectivity index (χ0n) is 11.6. The van der Waals surface area contributed by atoms with Crippen molar-refractivity contribution in [3.63, 3.8) is 0 Å². The Balaban J connectivity index is 2.15. The number of carbonyl (C=O) groups excluding carboxylic acids is 1. The summed E-state index contributed by atoms with van der Waals surface area (Å²) >= 11 is 0. The number of carbonyl (C=O) groups is 1. The lowest BCUT2D eigenvalue weighted by Crippen LogP contribution is -2.40. The lowest BCUT2D eigenvalue weighted by atomic mass is 9.96. The highest BCUT2D eigenvalue weighted by atomic mass is 19.2. The molecule has 2 rings (SSSR count). The minimum absolute atomic E-state index is 0.421. The highest BCUT2D eigenvalue weighted by Crippen LogP contribution is 2.27. The van der Waals surface area contributed by atoms with Crippen molar-refractivity contribution in [3.8, 4) is 5.75 Å². The van der Waals surface area contributed by atoms with Gasteiger partial charge >= 0.3 is 0 Å². The summed E-state index contributed by atoms with van der Waals surface area (Å²) in [6, 6.07) is 0.492. The first-order valence-electron chi connectivity index (χ1n) is 6.76. The molecule has 1 aromatic rings. The third kappa shape index (κ3) is 3.12. The molecule has 21 heavy (non-hydrogen) atoms. The molecule has 0 spiro atoms. The average molecular weight is 302 g/mol. The Morgan fingerprint density at radius 2 is 1.95 bits per heavy atom. The van der Waals surface area contributed by atoms with Gasteiger partial charge in [0.1, 0.15) is 0 Å². The maximum Gasteiger partial charge on any atom is 0.257 e. The summed E-state index contributed by atoms with van der Waals surface area (Å²) in [7, 11) is 1.84. The van der Waals surface area contributed by atoms with Crippen molar-refractivity contribution in [2.75, 3.05) is 26.7 Å². The number of phenols is 1. The van der Waals surface area contributed by atoms with Gasteiger partial charge in [-0.2, -0.15) is 4.39 Å². The van der Waals surface area contributed by atoms with Crippen LogP contribution in [0.25, 0.3) is 0 Å². The van der Waals surface area contributed by atoms with Crippen molar-refractivity contribution in [2.45, 2.75) is 12.8 Å². The summed E-state index contributed by atoms with van der Waals surface area (Å²) in [5, 5.41) is 12.2. The molecule has 0 atom stereocenters. The molecule has 1 heterocycles. The van der Waals surface area contributed by atoms with Crippen LogP contribution in [0.1, 0.15) is 23.2 Å². The lowest BCUT2D eigenvalue weighted by molar-refractivity contribution is 0.0684. The van der Waals surface area contributed by atoms with Crippen molar-refractivity contribution >= 4 is 5.91 Å². The summed E-state index contributed by atoms with van der Waals surface area (Å²) < 4.78 is 40.0. The van der Waals surface area contributed by atoms with Crippen LogP contribution in [0.15, 0.2) is 6.07 Å². The van der Waals surface area contributed by atoms with E-state index in [1.807, 2.05) is 7.05 Å². The third-order valence-electron chi connectivity index (χ3n) is 3.76. The molecule has 1 aliphatic heterocycles. The number of nitrogens with one attached hydrogen (secondary N) is 1. The van der Waals surface area contributed by atoms with Gasteiger partial charge in [0.05, 0.1) is 5.56 Å². The van der Waals surface area contributed by atoms with Crippen molar-refractivity contribution < 1.29 is 23.1 Å². The molecule has 1 amide bonds. The van der Waals surface area contributed by atoms with E-state index in [1.165, 1.54) is 4.90 Å². The number of halogens is 3. The molecular weight excluding hydrogens is 285 g/mol. The first-order valence-corrected chi connectivity index (χ1v) is 6.76. The molecular formula is C14H17F3N2O2. The summed E-state index contributed by atoms with van der Waals surface area (Å²) in [4.78, 5) is 13.6. The normalized spacial score (nSPS) is 16.3. The number of benzene rings is 1. The number of likely N-dealkylation sites (tertiary alicyclic amines) is 1. The molecule has 0 aromatic heterocycles. The molecule has 1 saturated heterocycles. The van der Waals surface area contributed by atoms with Crippen LogP contribution < -0.4 is 5.32 Å². The van der Waals surface area contributed by atoms with Gasteiger partial charge in [-0.3, -0.25) is 4.79 Å². The molecule has 2 N–H and O–H groups in total. The van der Waals surface area contributed by atoms with E-state index in [9.17, 15) is 18.0 Å². The van der Waals surface area contributed by atoms with Crippen LogP contribution in [-0.4, -0.2) is 42.6 Å². The molecule has 0 unspecified atom stereocenters. The van der Waals surface area contributed by atoms with Crippen LogP contribution in [0, 0.1) is 23.4 Å². The quantitative estimate of drug-likeness (QED) is 0.838. The Morgan fingerprint density at radius 1 is 1.33 bits per heavy atom. The summed E-state index contributed by atoms with van der Waals surface area (Å²) in [6.07, 6.45) is 1.51. The van der Waals surface area contributed by atoms with Crippen molar-refractivity contribution in [1.29, 1.82) is 0 Å². The molecule has 0 radical (unpaired) electrons. The Morgan fingerprint density at radius 3 is 2.52 bits per heavy atom. The summed E-state index contributed by atoms with van der Waals surface area (Å²) in [5.41, 5.74) is -0.640. The van der Waals surface area contributed by atoms with Gasteiger partial charge in [0.2, 0.25) is 5.82 Å². The number of nitrogens with zero attached hydrogens (tertiary/aromatic N) is 1. The fourth-order valence-corrected chi connectivity index (χ4v) is 2.55. The number of aromatic hydroxyl groups is 1. The van der Waals surface area contributed by atoms with E-state index in [1.54, 1.807) is 0 Å². The zero-order chi connectivity index (χ0) is 15.6. The molecule has 116 valence electrons. The van der Waals surface area contributed by atoms with Crippen molar-refractivity contribution in [1.82, 2.24) is 10.2 Å². The largest absolute Gasteiger partial charge is 0.503 e. The second-order valence-corrected chi connectivity index (χ2v) is 5.18.